The van der Waals surface area contributed by atoms with Gasteiger partial charge in [0.05, 0.1) is 12.6 Å². The summed E-state index contributed by atoms with van der Waals surface area (Å²) >= 11 is 0. The van der Waals surface area contributed by atoms with Gasteiger partial charge in [0.15, 0.2) is 0 Å². The number of hydrogen-bond donors (Lipinski definition) is 14. The van der Waals surface area contributed by atoms with Crippen LogP contribution in [-0.4, -0.2) is 151 Å². The highest BCUT2D eigenvalue weighted by Gasteiger charge is 2.40. The molecular formula is C56H67N11O14. The monoisotopic (exact) mass is 1120 g/mol. The molecule has 8 atom stereocenters. The number of aromatic amines is 1. The molecule has 9 amide bonds. The van der Waals surface area contributed by atoms with Crippen molar-refractivity contribution in [3.8, 4) is 11.5 Å². The third-order valence-corrected chi connectivity index (χ3v) is 13.6. The summed E-state index contributed by atoms with van der Waals surface area (Å²) in [7, 11) is 0. The third kappa shape index (κ3) is 17.8. The standard InChI is InChI=1S/C56H67N11O14/c57-38(20-22-47(58)71)49(73)61-40(21-23-48(59)72)50(74)62-41(25-32-12-16-35(69)17-13-32)51(75)63-42(26-33-14-18-36(70)19-15-33)52(76)66-45(30-68)53(77)64-43(27-31-7-2-1-3-8-31)55(79)67-24-6-11-46(67)54(78)65-44(56(80)81)28-34-29-60-39-10-5-4-9-37(34)39/h1-5,7-10,12-19,29,38,40-46,60,68-70H,6,11,20-28,30,57H2,(H2,58,71)(H2,59,72)(H,61,73)(H,62,74)(H,63,75)(H,64,77)(H,65,78)(H,66,76)(H,80,81)/t38-,40-,41-,42-,43-,44-,45-,46-/m0/s1. The Labute approximate surface area is 464 Å². The highest BCUT2D eigenvalue weighted by molar-refractivity contribution is 5.98. The van der Waals surface area contributed by atoms with Crippen molar-refractivity contribution in [2.75, 3.05) is 13.2 Å². The summed E-state index contributed by atoms with van der Waals surface area (Å²) in [5.41, 5.74) is 19.3. The van der Waals surface area contributed by atoms with Crippen LogP contribution in [0.3, 0.4) is 0 Å². The smallest absolute Gasteiger partial charge is 0.326 e. The fourth-order valence-electron chi connectivity index (χ4n) is 9.24. The first-order valence-electron chi connectivity index (χ1n) is 26.1. The Balaban J connectivity index is 1.22. The first-order chi connectivity index (χ1) is 38.7. The Morgan fingerprint density at radius 3 is 1.60 bits per heavy atom. The zero-order valence-corrected chi connectivity index (χ0v) is 44.0. The lowest BCUT2D eigenvalue weighted by atomic mass is 10.0. The van der Waals surface area contributed by atoms with E-state index < -0.39 is 120 Å². The lowest BCUT2D eigenvalue weighted by molar-refractivity contribution is -0.145. The van der Waals surface area contributed by atoms with Gasteiger partial charge in [0.2, 0.25) is 53.2 Å². The van der Waals surface area contributed by atoms with E-state index in [2.05, 4.69) is 36.9 Å². The Bertz CT molecular complexity index is 3050. The van der Waals surface area contributed by atoms with Gasteiger partial charge in [-0.25, -0.2) is 4.79 Å². The summed E-state index contributed by atoms with van der Waals surface area (Å²) < 4.78 is 0. The number of phenolic OH excluding ortho intramolecular Hbond substituents is 2. The highest BCUT2D eigenvalue weighted by Crippen LogP contribution is 2.23. The number of carboxylic acid groups (broad SMARTS) is 1. The number of hydrogen-bond acceptors (Lipinski definition) is 14. The summed E-state index contributed by atoms with van der Waals surface area (Å²) in [6.07, 6.45) is 0.214. The average molecular weight is 1120 g/mol. The molecule has 1 saturated heterocycles. The van der Waals surface area contributed by atoms with Crippen LogP contribution >= 0.6 is 0 Å². The lowest BCUT2D eigenvalue weighted by Gasteiger charge is -2.30. The van der Waals surface area contributed by atoms with Gasteiger partial charge in [0.1, 0.15) is 53.8 Å². The van der Waals surface area contributed by atoms with E-state index in [4.69, 9.17) is 17.2 Å². The minimum absolute atomic E-state index is 0.0667. The number of H-pyrrole nitrogens is 1. The number of rotatable bonds is 29. The normalized spacial score (nSPS) is 15.6. The van der Waals surface area contributed by atoms with Crippen molar-refractivity contribution in [3.63, 3.8) is 0 Å². The first kappa shape index (κ1) is 60.9. The number of aliphatic hydroxyl groups excluding tert-OH is 1. The molecule has 1 fully saturated rings. The van der Waals surface area contributed by atoms with Gasteiger partial charge in [0.25, 0.3) is 0 Å². The van der Waals surface area contributed by atoms with Crippen LogP contribution in [-0.2, 0) is 73.6 Å². The van der Waals surface area contributed by atoms with Gasteiger partial charge in [0, 0.05) is 62.2 Å². The van der Waals surface area contributed by atoms with Crippen LogP contribution in [0.2, 0.25) is 0 Å². The van der Waals surface area contributed by atoms with Gasteiger partial charge in [-0.1, -0.05) is 72.8 Å². The molecule has 4 aromatic carbocycles. The lowest BCUT2D eigenvalue weighted by Crippen LogP contribution is -2.61. The van der Waals surface area contributed by atoms with Gasteiger partial charge >= 0.3 is 5.97 Å². The van der Waals surface area contributed by atoms with Gasteiger partial charge in [-0.2, -0.15) is 0 Å². The second kappa shape index (κ2) is 29.0. The van der Waals surface area contributed by atoms with E-state index in [1.54, 1.807) is 42.6 Å². The first-order valence-corrected chi connectivity index (χ1v) is 26.1. The zero-order chi connectivity index (χ0) is 58.8. The van der Waals surface area contributed by atoms with Gasteiger partial charge in [-0.3, -0.25) is 43.2 Å². The maximum atomic E-state index is 14.6. The fourth-order valence-corrected chi connectivity index (χ4v) is 9.24. The number of nitrogens with one attached hydrogen (secondary N) is 7. The molecule has 1 aliphatic heterocycles. The molecule has 430 valence electrons. The summed E-state index contributed by atoms with van der Waals surface area (Å²) in [6.45, 7) is -0.962. The Morgan fingerprint density at radius 2 is 1.04 bits per heavy atom. The summed E-state index contributed by atoms with van der Waals surface area (Å²) in [4.78, 5) is 139. The number of carbonyl (C=O) groups is 10. The second-order valence-corrected chi connectivity index (χ2v) is 19.7. The van der Waals surface area contributed by atoms with Crippen molar-refractivity contribution < 1.29 is 68.4 Å². The minimum Gasteiger partial charge on any atom is -0.508 e. The van der Waals surface area contributed by atoms with Crippen molar-refractivity contribution in [2.45, 2.75) is 113 Å². The third-order valence-electron chi connectivity index (χ3n) is 13.6. The fraction of sp³-hybridized carbons (Fsp3) is 0.357. The van der Waals surface area contributed by atoms with E-state index >= 15 is 0 Å². The van der Waals surface area contributed by atoms with Crippen molar-refractivity contribution in [2.24, 2.45) is 17.2 Å². The van der Waals surface area contributed by atoms with Gasteiger partial charge in [-0.05, 0) is 78.3 Å². The van der Waals surface area contributed by atoms with Crippen LogP contribution in [0.15, 0.2) is 109 Å². The van der Waals surface area contributed by atoms with Crippen LogP contribution in [0, 0.1) is 0 Å². The number of aliphatic hydroxyl groups is 1. The van der Waals surface area contributed by atoms with E-state index in [0.29, 0.717) is 28.7 Å². The minimum atomic E-state index is -1.78. The average Bonchev–Trinajstić information content (AvgIpc) is 4.13. The number of aliphatic carboxylic acids is 1. The molecule has 0 aliphatic carbocycles. The van der Waals surface area contributed by atoms with Crippen LogP contribution in [0.25, 0.3) is 10.9 Å². The Morgan fingerprint density at radius 1 is 0.556 bits per heavy atom. The van der Waals surface area contributed by atoms with E-state index in [1.807, 2.05) is 18.2 Å². The van der Waals surface area contributed by atoms with Crippen LogP contribution in [0.5, 0.6) is 11.5 Å². The quantitative estimate of drug-likeness (QED) is 0.0264. The second-order valence-electron chi connectivity index (χ2n) is 19.7. The summed E-state index contributed by atoms with van der Waals surface area (Å²) in [5, 5.41) is 56.9. The van der Waals surface area contributed by atoms with Crippen molar-refractivity contribution in [1.82, 2.24) is 41.8 Å². The maximum Gasteiger partial charge on any atom is 0.326 e. The molecule has 17 N–H and O–H groups in total. The molecule has 25 nitrogen and oxygen atoms in total. The molecule has 25 heteroatoms. The van der Waals surface area contributed by atoms with E-state index in [1.165, 1.54) is 53.4 Å². The van der Waals surface area contributed by atoms with Crippen molar-refractivity contribution >= 4 is 70.0 Å². The molecule has 5 aromatic rings. The molecule has 0 saturated carbocycles. The van der Waals surface area contributed by atoms with Crippen molar-refractivity contribution in [1.29, 1.82) is 0 Å². The number of amides is 9. The maximum absolute atomic E-state index is 14.6. The van der Waals surface area contributed by atoms with E-state index in [9.17, 15) is 68.4 Å². The number of nitrogens with zero attached hydrogens (tertiary/aromatic N) is 1. The van der Waals surface area contributed by atoms with E-state index in [0.717, 1.165) is 10.9 Å². The number of likely N-dealkylation sites (tertiary alicyclic amines) is 1. The highest BCUT2D eigenvalue weighted by atomic mass is 16.4. The van der Waals surface area contributed by atoms with Crippen LogP contribution in [0.1, 0.15) is 60.8 Å². The molecule has 0 bridgehead atoms. The molecule has 0 spiro atoms. The SMILES string of the molecule is NC(=O)CC[C@H](NC(=O)[C@@H](N)CCC(N)=O)C(=O)N[C@@H](Cc1ccc(O)cc1)C(=O)N[C@@H](Cc1ccc(O)cc1)C(=O)N[C@@H](CO)C(=O)N[C@@H](Cc1ccccc1)C(=O)N1CCC[C@H]1C(=O)N[C@@H](Cc1c[nH]c2ccccc12)C(=O)O. The Hall–Kier alpha value is -9.36. The number of carbonyl (C=O) groups excluding carboxylic acids is 9. The zero-order valence-electron chi connectivity index (χ0n) is 44.0. The topological polar surface area (TPSA) is 421 Å². The van der Waals surface area contributed by atoms with Gasteiger partial charge in [-0.15, -0.1) is 0 Å². The molecule has 2 heterocycles. The summed E-state index contributed by atoms with van der Waals surface area (Å²) in [6, 6.07) is 15.2. The largest absolute Gasteiger partial charge is 0.508 e. The molecule has 0 radical (unpaired) electrons. The van der Waals surface area contributed by atoms with Crippen molar-refractivity contribution in [3.05, 3.63) is 132 Å². The number of aromatic hydroxyl groups is 2. The predicted molar refractivity (Wildman–Crippen MR) is 292 cm³/mol. The summed E-state index contributed by atoms with van der Waals surface area (Å²) in [5.74, 6) is -9.52. The van der Waals surface area contributed by atoms with Crippen LogP contribution < -0.4 is 49.1 Å². The number of para-hydroxylation sites is 1. The number of fused-ring (bicyclic) bond motifs is 1. The molecule has 81 heavy (non-hydrogen) atoms. The molecule has 1 aromatic heterocycles. The number of nitrogens with two attached hydrogens (primary N) is 3. The number of benzene rings is 4. The molecule has 6 rings (SSSR count). The number of primary amides is 2. The Kier molecular flexibility index (Phi) is 21.8. The molecule has 1 aliphatic rings. The van der Waals surface area contributed by atoms with E-state index in [-0.39, 0.29) is 69.4 Å². The molecule has 0 unspecified atom stereocenters. The van der Waals surface area contributed by atoms with Crippen LogP contribution in [0.4, 0.5) is 0 Å². The number of carboxylic acids is 1. The van der Waals surface area contributed by atoms with Gasteiger partial charge < -0.3 is 79.4 Å². The number of aromatic nitrogens is 1. The molecular weight excluding hydrogens is 1050 g/mol. The number of phenols is 2. The predicted octanol–water partition coefficient (Wildman–Crippen LogP) is -1.32.